The monoisotopic (exact) mass is 318 g/mol. The Balaban J connectivity index is 1.63. The van der Waals surface area contributed by atoms with Gasteiger partial charge in [0, 0.05) is 13.0 Å². The highest BCUT2D eigenvalue weighted by atomic mass is 32.1. The Bertz CT molecular complexity index is 716. The average molecular weight is 318 g/mol. The lowest BCUT2D eigenvalue weighted by Crippen LogP contribution is -2.40. The van der Waals surface area contributed by atoms with E-state index in [0.29, 0.717) is 23.1 Å². The number of ether oxygens (including phenoxy) is 1. The molecule has 2 aromatic rings. The van der Waals surface area contributed by atoms with Crippen LogP contribution in [0.4, 0.5) is 10.8 Å². The number of para-hydroxylation sites is 2. The van der Waals surface area contributed by atoms with Crippen molar-refractivity contribution in [1.82, 2.24) is 10.2 Å². The number of aryl methyl sites for hydroxylation is 1. The van der Waals surface area contributed by atoms with Crippen molar-refractivity contribution < 1.29 is 14.3 Å². The number of carbonyl (C=O) groups is 2. The highest BCUT2D eigenvalue weighted by Gasteiger charge is 2.25. The van der Waals surface area contributed by atoms with Crippen LogP contribution in [0.25, 0.3) is 0 Å². The van der Waals surface area contributed by atoms with Crippen molar-refractivity contribution in [2.24, 2.45) is 0 Å². The summed E-state index contributed by atoms with van der Waals surface area (Å²) in [6.45, 7) is 2.10. The molecule has 3 rings (SSSR count). The molecule has 22 heavy (non-hydrogen) atoms. The molecule has 1 aromatic heterocycles. The van der Waals surface area contributed by atoms with Crippen molar-refractivity contribution in [3.8, 4) is 5.75 Å². The Hall–Kier alpha value is -2.48. The number of nitrogens with zero attached hydrogens (tertiary/aromatic N) is 3. The highest BCUT2D eigenvalue weighted by Crippen LogP contribution is 2.31. The molecule has 0 radical (unpaired) electrons. The van der Waals surface area contributed by atoms with E-state index in [4.69, 9.17) is 4.74 Å². The lowest BCUT2D eigenvalue weighted by molar-refractivity contribution is -0.121. The molecule has 8 heteroatoms. The molecule has 0 saturated heterocycles. The molecular formula is C14H14N4O3S. The molecule has 0 spiro atoms. The summed E-state index contributed by atoms with van der Waals surface area (Å²) in [4.78, 5) is 25.5. The van der Waals surface area contributed by atoms with E-state index in [2.05, 4.69) is 15.5 Å². The minimum atomic E-state index is -0.201. The number of rotatable bonds is 4. The first-order valence-electron chi connectivity index (χ1n) is 6.75. The molecule has 7 nitrogen and oxygen atoms in total. The zero-order valence-corrected chi connectivity index (χ0v) is 12.7. The van der Waals surface area contributed by atoms with Gasteiger partial charge in [-0.25, -0.2) is 0 Å². The predicted molar refractivity (Wildman–Crippen MR) is 82.2 cm³/mol. The van der Waals surface area contributed by atoms with Gasteiger partial charge < -0.3 is 15.0 Å². The second kappa shape index (κ2) is 6.10. The fourth-order valence-electron chi connectivity index (χ4n) is 2.14. The third kappa shape index (κ3) is 3.06. The largest absolute Gasteiger partial charge is 0.482 e. The van der Waals surface area contributed by atoms with Crippen LogP contribution in [-0.4, -0.2) is 35.2 Å². The normalized spacial score (nSPS) is 13.5. The molecule has 0 bridgehead atoms. The van der Waals surface area contributed by atoms with E-state index in [1.165, 1.54) is 11.3 Å². The van der Waals surface area contributed by atoms with Gasteiger partial charge in [-0.15, -0.1) is 10.2 Å². The van der Waals surface area contributed by atoms with Crippen molar-refractivity contribution in [1.29, 1.82) is 0 Å². The summed E-state index contributed by atoms with van der Waals surface area (Å²) in [5, 5.41) is 11.6. The molecule has 2 heterocycles. The first-order chi connectivity index (χ1) is 10.6. The topological polar surface area (TPSA) is 84.4 Å². The second-order valence-corrected chi connectivity index (χ2v) is 5.91. The van der Waals surface area contributed by atoms with Gasteiger partial charge in [-0.05, 0) is 19.1 Å². The van der Waals surface area contributed by atoms with E-state index in [9.17, 15) is 9.59 Å². The molecule has 1 N–H and O–H groups in total. The Morgan fingerprint density at radius 2 is 2.23 bits per heavy atom. The van der Waals surface area contributed by atoms with Gasteiger partial charge in [0.05, 0.1) is 5.69 Å². The van der Waals surface area contributed by atoms with Crippen LogP contribution in [0, 0.1) is 6.92 Å². The van der Waals surface area contributed by atoms with Gasteiger partial charge in [-0.2, -0.15) is 0 Å². The fourth-order valence-corrected chi connectivity index (χ4v) is 2.75. The lowest BCUT2D eigenvalue weighted by Gasteiger charge is -2.29. The number of amides is 2. The third-order valence-corrected chi connectivity index (χ3v) is 3.90. The Kier molecular flexibility index (Phi) is 4.01. The smallest absolute Gasteiger partial charge is 0.265 e. The van der Waals surface area contributed by atoms with Crippen LogP contribution in [0.5, 0.6) is 5.75 Å². The Morgan fingerprint density at radius 1 is 1.41 bits per heavy atom. The predicted octanol–water partition coefficient (Wildman–Crippen LogP) is 1.60. The molecule has 1 aliphatic heterocycles. The first kappa shape index (κ1) is 14.5. The summed E-state index contributed by atoms with van der Waals surface area (Å²) in [5.41, 5.74) is 0.693. The van der Waals surface area contributed by atoms with Crippen LogP contribution < -0.4 is 15.0 Å². The van der Waals surface area contributed by atoms with Gasteiger partial charge >= 0.3 is 0 Å². The minimum absolute atomic E-state index is 0.00573. The Labute approximate surface area is 130 Å². The number of fused-ring (bicyclic) bond motifs is 1. The summed E-state index contributed by atoms with van der Waals surface area (Å²) in [6, 6.07) is 7.28. The SMILES string of the molecule is Cc1nnc(NC(=O)CCN2C(=O)COc3ccccc32)s1. The van der Waals surface area contributed by atoms with E-state index < -0.39 is 0 Å². The van der Waals surface area contributed by atoms with E-state index in [1.54, 1.807) is 17.0 Å². The molecule has 0 fully saturated rings. The zero-order valence-electron chi connectivity index (χ0n) is 11.9. The standard InChI is InChI=1S/C14H14N4O3S/c1-9-16-17-14(22-9)15-12(19)6-7-18-10-4-2-3-5-11(10)21-8-13(18)20/h2-5H,6-8H2,1H3,(H,15,17,19). The quantitative estimate of drug-likeness (QED) is 0.925. The van der Waals surface area contributed by atoms with Crippen LogP contribution in [0.3, 0.4) is 0 Å². The second-order valence-electron chi connectivity index (χ2n) is 4.73. The summed E-state index contributed by atoms with van der Waals surface area (Å²) in [7, 11) is 0. The summed E-state index contributed by atoms with van der Waals surface area (Å²) in [6.07, 6.45) is 0.179. The number of hydrogen-bond acceptors (Lipinski definition) is 6. The fraction of sp³-hybridized carbons (Fsp3) is 0.286. The van der Waals surface area contributed by atoms with Crippen LogP contribution in [0.1, 0.15) is 11.4 Å². The minimum Gasteiger partial charge on any atom is -0.482 e. The van der Waals surface area contributed by atoms with Gasteiger partial charge in [0.1, 0.15) is 10.8 Å². The number of carbonyl (C=O) groups excluding carboxylic acids is 2. The van der Waals surface area contributed by atoms with Crippen LogP contribution in [-0.2, 0) is 9.59 Å². The summed E-state index contributed by atoms with van der Waals surface area (Å²) >= 11 is 1.31. The average Bonchev–Trinajstić information content (AvgIpc) is 2.91. The lowest BCUT2D eigenvalue weighted by atomic mass is 10.2. The third-order valence-electron chi connectivity index (χ3n) is 3.14. The van der Waals surface area contributed by atoms with E-state index in [-0.39, 0.29) is 24.8 Å². The van der Waals surface area contributed by atoms with E-state index in [0.717, 1.165) is 5.01 Å². The van der Waals surface area contributed by atoms with Crippen LogP contribution >= 0.6 is 11.3 Å². The number of benzene rings is 1. The van der Waals surface area contributed by atoms with Crippen LogP contribution in [0.15, 0.2) is 24.3 Å². The Morgan fingerprint density at radius 3 is 3.00 bits per heavy atom. The number of aromatic nitrogens is 2. The maximum absolute atomic E-state index is 12.0. The van der Waals surface area contributed by atoms with Crippen LogP contribution in [0.2, 0.25) is 0 Å². The number of nitrogens with one attached hydrogen (secondary N) is 1. The maximum Gasteiger partial charge on any atom is 0.265 e. The molecule has 1 aromatic carbocycles. The van der Waals surface area contributed by atoms with Crippen molar-refractivity contribution in [3.05, 3.63) is 29.3 Å². The van der Waals surface area contributed by atoms with Crippen molar-refractivity contribution in [2.75, 3.05) is 23.4 Å². The van der Waals surface area contributed by atoms with Crippen molar-refractivity contribution >= 4 is 34.0 Å². The van der Waals surface area contributed by atoms with Gasteiger partial charge in [-0.3, -0.25) is 9.59 Å². The maximum atomic E-state index is 12.0. The number of anilines is 2. The first-order valence-corrected chi connectivity index (χ1v) is 7.57. The summed E-state index contributed by atoms with van der Waals surface area (Å²) < 4.78 is 5.36. The van der Waals surface area contributed by atoms with Crippen molar-refractivity contribution in [2.45, 2.75) is 13.3 Å². The molecule has 1 aliphatic rings. The molecule has 2 amide bonds. The molecule has 0 saturated carbocycles. The molecule has 0 aliphatic carbocycles. The molecular weight excluding hydrogens is 304 g/mol. The van der Waals surface area contributed by atoms with Gasteiger partial charge in [0.2, 0.25) is 11.0 Å². The molecule has 0 unspecified atom stereocenters. The zero-order chi connectivity index (χ0) is 15.5. The van der Waals surface area contributed by atoms with E-state index >= 15 is 0 Å². The van der Waals surface area contributed by atoms with Gasteiger partial charge in [0.25, 0.3) is 5.91 Å². The van der Waals surface area contributed by atoms with E-state index in [1.807, 2.05) is 19.1 Å². The van der Waals surface area contributed by atoms with Gasteiger partial charge in [0.15, 0.2) is 6.61 Å². The summed E-state index contributed by atoms with van der Waals surface area (Å²) in [5.74, 6) is 0.299. The molecule has 114 valence electrons. The number of hydrogen-bond donors (Lipinski definition) is 1. The molecule has 0 atom stereocenters. The van der Waals surface area contributed by atoms with Crippen molar-refractivity contribution in [3.63, 3.8) is 0 Å². The van der Waals surface area contributed by atoms with Gasteiger partial charge in [-0.1, -0.05) is 23.5 Å². The highest BCUT2D eigenvalue weighted by molar-refractivity contribution is 7.15.